The van der Waals surface area contributed by atoms with Gasteiger partial charge < -0.3 is 14.4 Å². The Bertz CT molecular complexity index is 1190. The molecule has 32 heavy (non-hydrogen) atoms. The number of nitrogens with zero attached hydrogens (tertiary/aromatic N) is 1. The zero-order valence-corrected chi connectivity index (χ0v) is 19.6. The highest BCUT2D eigenvalue weighted by Gasteiger charge is 2.22. The summed E-state index contributed by atoms with van der Waals surface area (Å²) in [5, 5.41) is 1.04. The average molecular weight is 493 g/mol. The van der Waals surface area contributed by atoms with Crippen molar-refractivity contribution in [3.05, 3.63) is 76.8 Å². The lowest BCUT2D eigenvalue weighted by Gasteiger charge is -2.16. The molecule has 0 saturated carbocycles. The van der Waals surface area contributed by atoms with Gasteiger partial charge in [0.15, 0.2) is 0 Å². The van der Waals surface area contributed by atoms with Crippen molar-refractivity contribution in [2.45, 2.75) is 17.4 Å². The Hall–Kier alpha value is -2.45. The molecule has 168 valence electrons. The maximum atomic E-state index is 12.8. The number of likely N-dealkylation sites (tertiary alicyclic amines) is 1. The van der Waals surface area contributed by atoms with E-state index in [1.165, 1.54) is 12.1 Å². The van der Waals surface area contributed by atoms with Crippen molar-refractivity contribution in [2.75, 3.05) is 24.9 Å². The fraction of sp³-hybridized carbons (Fsp3) is 0.217. The van der Waals surface area contributed by atoms with Gasteiger partial charge in [0.1, 0.15) is 23.4 Å². The van der Waals surface area contributed by atoms with Gasteiger partial charge in [-0.1, -0.05) is 23.2 Å². The first-order valence-electron chi connectivity index (χ1n) is 9.99. The first-order chi connectivity index (χ1) is 15.3. The minimum atomic E-state index is -3.80. The SMILES string of the molecule is CN1CC[C@@H](Oc2cc(NS(=O)(=O)c3ccc(Oc4ccc(Cl)cc4)cc3)ccc2Cl)C1. The molecule has 1 N–H and O–H groups in total. The van der Waals surface area contributed by atoms with E-state index in [1.807, 2.05) is 7.05 Å². The highest BCUT2D eigenvalue weighted by molar-refractivity contribution is 7.92. The molecule has 4 rings (SSSR count). The normalized spacial score (nSPS) is 16.7. The molecule has 0 unspecified atom stereocenters. The number of hydrogen-bond acceptors (Lipinski definition) is 5. The van der Waals surface area contributed by atoms with Crippen molar-refractivity contribution in [1.82, 2.24) is 4.90 Å². The van der Waals surface area contributed by atoms with E-state index in [0.29, 0.717) is 33.0 Å². The van der Waals surface area contributed by atoms with Crippen LogP contribution in [-0.2, 0) is 10.0 Å². The van der Waals surface area contributed by atoms with E-state index in [0.717, 1.165) is 19.5 Å². The van der Waals surface area contributed by atoms with E-state index in [9.17, 15) is 8.42 Å². The second-order valence-electron chi connectivity index (χ2n) is 7.57. The number of ether oxygens (including phenoxy) is 2. The highest BCUT2D eigenvalue weighted by atomic mass is 35.5. The maximum absolute atomic E-state index is 12.8. The van der Waals surface area contributed by atoms with E-state index >= 15 is 0 Å². The van der Waals surface area contributed by atoms with Crippen LogP contribution in [0.25, 0.3) is 0 Å². The number of sulfonamides is 1. The highest BCUT2D eigenvalue weighted by Crippen LogP contribution is 2.31. The molecule has 3 aromatic rings. The first kappa shape index (κ1) is 22.7. The van der Waals surface area contributed by atoms with Crippen molar-refractivity contribution < 1.29 is 17.9 Å². The summed E-state index contributed by atoms with van der Waals surface area (Å²) in [6.07, 6.45) is 0.922. The lowest BCUT2D eigenvalue weighted by Crippen LogP contribution is -2.21. The van der Waals surface area contributed by atoms with Gasteiger partial charge in [0.2, 0.25) is 0 Å². The minimum absolute atomic E-state index is 0.0255. The Labute approximate surface area is 197 Å². The Kier molecular flexibility index (Phi) is 6.81. The standard InChI is InChI=1S/C23H22Cl2N2O4S/c1-27-13-12-20(15-27)31-23-14-17(4-11-22(23)25)26-32(28,29)21-9-7-19(8-10-21)30-18-5-2-16(24)3-6-18/h2-11,14,20,26H,12-13,15H2,1H3/t20-/m1/s1. The molecular formula is C23H22Cl2N2O4S. The van der Waals surface area contributed by atoms with Gasteiger partial charge in [0.05, 0.1) is 15.6 Å². The molecule has 0 spiro atoms. The number of likely N-dealkylation sites (N-methyl/N-ethyl adjacent to an activating group) is 1. The zero-order chi connectivity index (χ0) is 22.7. The van der Waals surface area contributed by atoms with E-state index in [2.05, 4.69) is 9.62 Å². The molecule has 1 aliphatic heterocycles. The van der Waals surface area contributed by atoms with Crippen LogP contribution in [0.3, 0.4) is 0 Å². The van der Waals surface area contributed by atoms with Gasteiger partial charge in [-0.25, -0.2) is 8.42 Å². The lowest BCUT2D eigenvalue weighted by atomic mass is 10.3. The van der Waals surface area contributed by atoms with Crippen LogP contribution in [0.4, 0.5) is 5.69 Å². The van der Waals surface area contributed by atoms with Crippen molar-refractivity contribution >= 4 is 38.9 Å². The Balaban J connectivity index is 1.45. The van der Waals surface area contributed by atoms with Crippen molar-refractivity contribution in [3.8, 4) is 17.2 Å². The number of nitrogens with one attached hydrogen (secondary N) is 1. The van der Waals surface area contributed by atoms with Crippen LogP contribution in [0.15, 0.2) is 71.6 Å². The Morgan fingerprint density at radius 1 is 0.969 bits per heavy atom. The molecule has 1 saturated heterocycles. The number of hydrogen-bond donors (Lipinski definition) is 1. The number of halogens is 2. The van der Waals surface area contributed by atoms with E-state index in [-0.39, 0.29) is 11.0 Å². The van der Waals surface area contributed by atoms with Gasteiger partial charge in [-0.2, -0.15) is 0 Å². The van der Waals surface area contributed by atoms with Gasteiger partial charge in [0, 0.05) is 24.2 Å². The van der Waals surface area contributed by atoms with Crippen molar-refractivity contribution in [1.29, 1.82) is 0 Å². The summed E-state index contributed by atoms with van der Waals surface area (Å²) in [5.74, 6) is 1.57. The molecule has 0 aliphatic carbocycles. The summed E-state index contributed by atoms with van der Waals surface area (Å²) < 4.78 is 40.0. The molecule has 3 aromatic carbocycles. The van der Waals surface area contributed by atoms with E-state index in [4.69, 9.17) is 32.7 Å². The fourth-order valence-electron chi connectivity index (χ4n) is 3.37. The van der Waals surface area contributed by atoms with Crippen molar-refractivity contribution in [3.63, 3.8) is 0 Å². The third kappa shape index (κ3) is 5.66. The third-order valence-corrected chi connectivity index (χ3v) is 6.97. The van der Waals surface area contributed by atoms with Crippen LogP contribution in [0.2, 0.25) is 10.0 Å². The van der Waals surface area contributed by atoms with Crippen LogP contribution in [0, 0.1) is 0 Å². The molecule has 0 bridgehead atoms. The smallest absolute Gasteiger partial charge is 0.261 e. The summed E-state index contributed by atoms with van der Waals surface area (Å²) >= 11 is 12.1. The predicted molar refractivity (Wildman–Crippen MR) is 127 cm³/mol. The van der Waals surface area contributed by atoms with Crippen LogP contribution >= 0.6 is 23.2 Å². The largest absolute Gasteiger partial charge is 0.487 e. The summed E-state index contributed by atoms with van der Waals surface area (Å²) in [4.78, 5) is 2.28. The number of benzene rings is 3. The van der Waals surface area contributed by atoms with Gasteiger partial charge in [-0.15, -0.1) is 0 Å². The lowest BCUT2D eigenvalue weighted by molar-refractivity contribution is 0.208. The summed E-state index contributed by atoms with van der Waals surface area (Å²) in [7, 11) is -1.78. The minimum Gasteiger partial charge on any atom is -0.487 e. The van der Waals surface area contributed by atoms with Crippen LogP contribution in [-0.4, -0.2) is 39.6 Å². The Morgan fingerprint density at radius 2 is 1.62 bits per heavy atom. The quantitative estimate of drug-likeness (QED) is 0.460. The monoisotopic (exact) mass is 492 g/mol. The fourth-order valence-corrected chi connectivity index (χ4v) is 4.70. The zero-order valence-electron chi connectivity index (χ0n) is 17.3. The van der Waals surface area contributed by atoms with E-state index < -0.39 is 10.0 Å². The van der Waals surface area contributed by atoms with Gasteiger partial charge in [-0.3, -0.25) is 4.72 Å². The van der Waals surface area contributed by atoms with Gasteiger partial charge in [0.25, 0.3) is 10.0 Å². The molecule has 6 nitrogen and oxygen atoms in total. The third-order valence-electron chi connectivity index (χ3n) is 5.01. The topological polar surface area (TPSA) is 67.9 Å². The second kappa shape index (κ2) is 9.58. The summed E-state index contributed by atoms with van der Waals surface area (Å²) in [6, 6.07) is 17.9. The first-order valence-corrected chi connectivity index (χ1v) is 12.2. The average Bonchev–Trinajstić information content (AvgIpc) is 3.17. The molecule has 1 atom stereocenters. The number of rotatable bonds is 7. The van der Waals surface area contributed by atoms with Crippen LogP contribution in [0.5, 0.6) is 17.2 Å². The molecule has 1 aliphatic rings. The van der Waals surface area contributed by atoms with Crippen LogP contribution < -0.4 is 14.2 Å². The summed E-state index contributed by atoms with van der Waals surface area (Å²) in [6.45, 7) is 1.75. The van der Waals surface area contributed by atoms with Crippen molar-refractivity contribution in [2.24, 2.45) is 0 Å². The Morgan fingerprint density at radius 3 is 2.25 bits per heavy atom. The number of anilines is 1. The molecule has 0 radical (unpaired) electrons. The summed E-state index contributed by atoms with van der Waals surface area (Å²) in [5.41, 5.74) is 0.372. The molecule has 0 aromatic heterocycles. The molecular weight excluding hydrogens is 471 g/mol. The molecule has 1 fully saturated rings. The molecule has 1 heterocycles. The van der Waals surface area contributed by atoms with Gasteiger partial charge >= 0.3 is 0 Å². The van der Waals surface area contributed by atoms with Crippen LogP contribution in [0.1, 0.15) is 6.42 Å². The van der Waals surface area contributed by atoms with E-state index in [1.54, 1.807) is 54.6 Å². The maximum Gasteiger partial charge on any atom is 0.261 e. The predicted octanol–water partition coefficient (Wildman–Crippen LogP) is 5.67. The molecule has 0 amide bonds. The van der Waals surface area contributed by atoms with Gasteiger partial charge in [-0.05, 0) is 74.1 Å². The molecule has 9 heteroatoms. The second-order valence-corrected chi connectivity index (χ2v) is 10.1.